The molecule has 0 bridgehead atoms. The molecule has 1 unspecified atom stereocenters. The maximum absolute atomic E-state index is 5.45. The van der Waals surface area contributed by atoms with Crippen LogP contribution in [0.1, 0.15) is 19.3 Å². The Labute approximate surface area is 73.9 Å². The number of hydrogen-bond donors (Lipinski definition) is 2. The maximum atomic E-state index is 5.45. The third kappa shape index (κ3) is 2.59. The van der Waals surface area contributed by atoms with Gasteiger partial charge in [0.1, 0.15) is 0 Å². The van der Waals surface area contributed by atoms with Crippen molar-refractivity contribution in [2.24, 2.45) is 11.8 Å². The molecule has 3 N–H and O–H groups in total. The molecule has 1 rings (SSSR count). The van der Waals surface area contributed by atoms with Gasteiger partial charge in [-0.05, 0) is 25.2 Å². The highest BCUT2D eigenvalue weighted by Crippen LogP contribution is 2.20. The topological polar surface area (TPSA) is 47.3 Å². The average molecular weight is 170 g/mol. The van der Waals surface area contributed by atoms with Crippen LogP contribution < -0.4 is 11.3 Å². The lowest BCUT2D eigenvalue weighted by atomic mass is 9.90. The van der Waals surface area contributed by atoms with Gasteiger partial charge in [-0.3, -0.25) is 11.3 Å². The molecule has 0 aromatic heterocycles. The molecule has 1 saturated heterocycles. The van der Waals surface area contributed by atoms with Crippen molar-refractivity contribution in [2.45, 2.75) is 25.3 Å². The third-order valence-electron chi connectivity index (χ3n) is 2.47. The van der Waals surface area contributed by atoms with Gasteiger partial charge in [0.15, 0.2) is 0 Å². The molecule has 70 valence electrons. The van der Waals surface area contributed by atoms with Gasteiger partial charge in [0.25, 0.3) is 0 Å². The summed E-state index contributed by atoms with van der Waals surface area (Å²) in [5.74, 6) is 6.11. The molecule has 1 atom stereocenters. The van der Waals surface area contributed by atoms with Gasteiger partial charge in [-0.1, -0.05) is 6.08 Å². The molecule has 1 heterocycles. The number of nitrogens with two attached hydrogens (primary N) is 1. The van der Waals surface area contributed by atoms with Crippen LogP contribution in [0.3, 0.4) is 0 Å². The summed E-state index contributed by atoms with van der Waals surface area (Å²) in [4.78, 5) is 0. The average Bonchev–Trinajstić information content (AvgIpc) is 2.15. The smallest absolute Gasteiger partial charge is 0.0469 e. The van der Waals surface area contributed by atoms with E-state index < -0.39 is 0 Å². The lowest BCUT2D eigenvalue weighted by Crippen LogP contribution is -2.42. The fourth-order valence-corrected chi connectivity index (χ4v) is 1.69. The first kappa shape index (κ1) is 9.71. The van der Waals surface area contributed by atoms with Gasteiger partial charge >= 0.3 is 0 Å². The molecular weight excluding hydrogens is 152 g/mol. The van der Waals surface area contributed by atoms with Crippen molar-refractivity contribution in [2.75, 3.05) is 13.2 Å². The summed E-state index contributed by atoms with van der Waals surface area (Å²) in [6, 6.07) is 0.381. The van der Waals surface area contributed by atoms with Crippen LogP contribution in [-0.2, 0) is 4.74 Å². The number of nitrogens with one attached hydrogen (secondary N) is 1. The predicted molar refractivity (Wildman–Crippen MR) is 49.5 cm³/mol. The predicted octanol–water partition coefficient (Wildman–Crippen LogP) is 0.821. The highest BCUT2D eigenvalue weighted by molar-refractivity contribution is 4.83. The molecule has 0 amide bonds. The van der Waals surface area contributed by atoms with Gasteiger partial charge in [-0.25, -0.2) is 0 Å². The molecule has 0 spiro atoms. The Balaban J connectivity index is 2.34. The Morgan fingerprint density at radius 1 is 1.58 bits per heavy atom. The molecule has 3 heteroatoms. The summed E-state index contributed by atoms with van der Waals surface area (Å²) < 4.78 is 5.28. The summed E-state index contributed by atoms with van der Waals surface area (Å²) in [7, 11) is 0. The Morgan fingerprint density at radius 3 is 2.75 bits per heavy atom. The number of ether oxygens (including phenoxy) is 1. The van der Waals surface area contributed by atoms with Gasteiger partial charge in [-0.2, -0.15) is 0 Å². The van der Waals surface area contributed by atoms with Crippen molar-refractivity contribution in [1.29, 1.82) is 0 Å². The standard InChI is InChI=1S/C9H18N2O/c1-2-3-9(11-10)8-4-6-12-7-5-8/h2,8-9,11H,1,3-7,10H2. The Hall–Kier alpha value is -0.380. The van der Waals surface area contributed by atoms with E-state index in [-0.39, 0.29) is 0 Å². The minimum Gasteiger partial charge on any atom is -0.381 e. The summed E-state index contributed by atoms with van der Waals surface area (Å²) >= 11 is 0. The summed E-state index contributed by atoms with van der Waals surface area (Å²) in [6.07, 6.45) is 5.09. The van der Waals surface area contributed by atoms with E-state index in [9.17, 15) is 0 Å². The van der Waals surface area contributed by atoms with Crippen LogP contribution in [0.25, 0.3) is 0 Å². The molecule has 0 aromatic rings. The maximum Gasteiger partial charge on any atom is 0.0469 e. The third-order valence-corrected chi connectivity index (χ3v) is 2.47. The molecule has 1 fully saturated rings. The van der Waals surface area contributed by atoms with Gasteiger partial charge in [0.05, 0.1) is 0 Å². The van der Waals surface area contributed by atoms with E-state index in [1.54, 1.807) is 0 Å². The summed E-state index contributed by atoms with van der Waals surface area (Å²) in [5.41, 5.74) is 2.85. The zero-order valence-electron chi connectivity index (χ0n) is 7.46. The second-order valence-electron chi connectivity index (χ2n) is 3.25. The molecule has 1 aliphatic rings. The lowest BCUT2D eigenvalue weighted by Gasteiger charge is -2.28. The number of hydrogen-bond acceptors (Lipinski definition) is 3. The fraction of sp³-hybridized carbons (Fsp3) is 0.778. The van der Waals surface area contributed by atoms with Crippen LogP contribution in [0.2, 0.25) is 0 Å². The van der Waals surface area contributed by atoms with Gasteiger partial charge in [0, 0.05) is 19.3 Å². The Bertz CT molecular complexity index is 132. The lowest BCUT2D eigenvalue weighted by molar-refractivity contribution is 0.0541. The highest BCUT2D eigenvalue weighted by atomic mass is 16.5. The quantitative estimate of drug-likeness (QED) is 0.373. The second-order valence-corrected chi connectivity index (χ2v) is 3.25. The SMILES string of the molecule is C=CCC(NN)C1CCOCC1. The van der Waals surface area contributed by atoms with E-state index in [4.69, 9.17) is 10.6 Å². The fourth-order valence-electron chi connectivity index (χ4n) is 1.69. The zero-order valence-corrected chi connectivity index (χ0v) is 7.46. The van der Waals surface area contributed by atoms with Crippen LogP contribution in [0.4, 0.5) is 0 Å². The van der Waals surface area contributed by atoms with Gasteiger partial charge < -0.3 is 4.74 Å². The van der Waals surface area contributed by atoms with E-state index >= 15 is 0 Å². The van der Waals surface area contributed by atoms with Crippen molar-refractivity contribution in [3.05, 3.63) is 12.7 Å². The molecule has 12 heavy (non-hydrogen) atoms. The van der Waals surface area contributed by atoms with E-state index in [0.717, 1.165) is 32.5 Å². The van der Waals surface area contributed by atoms with Gasteiger partial charge in [0.2, 0.25) is 0 Å². The van der Waals surface area contributed by atoms with Crippen molar-refractivity contribution in [3.63, 3.8) is 0 Å². The highest BCUT2D eigenvalue weighted by Gasteiger charge is 2.21. The van der Waals surface area contributed by atoms with Gasteiger partial charge in [-0.15, -0.1) is 6.58 Å². The largest absolute Gasteiger partial charge is 0.381 e. The summed E-state index contributed by atoms with van der Waals surface area (Å²) in [5, 5.41) is 0. The van der Waals surface area contributed by atoms with Crippen molar-refractivity contribution >= 4 is 0 Å². The van der Waals surface area contributed by atoms with Crippen LogP contribution in [0.15, 0.2) is 12.7 Å². The minimum atomic E-state index is 0.381. The van der Waals surface area contributed by atoms with Crippen molar-refractivity contribution in [1.82, 2.24) is 5.43 Å². The molecule has 0 radical (unpaired) electrons. The Morgan fingerprint density at radius 2 is 2.25 bits per heavy atom. The molecule has 0 aliphatic carbocycles. The van der Waals surface area contributed by atoms with Crippen LogP contribution >= 0.6 is 0 Å². The van der Waals surface area contributed by atoms with E-state index in [2.05, 4.69) is 12.0 Å². The first-order valence-corrected chi connectivity index (χ1v) is 4.53. The molecule has 0 saturated carbocycles. The number of hydrazine groups is 1. The normalized spacial score (nSPS) is 22.1. The molecule has 1 aliphatic heterocycles. The molecule has 3 nitrogen and oxygen atoms in total. The van der Waals surface area contributed by atoms with E-state index in [1.165, 1.54) is 0 Å². The Kier molecular flexibility index (Phi) is 4.29. The van der Waals surface area contributed by atoms with Crippen LogP contribution in [0, 0.1) is 5.92 Å². The van der Waals surface area contributed by atoms with Crippen molar-refractivity contribution in [3.8, 4) is 0 Å². The molecule has 0 aromatic carbocycles. The monoisotopic (exact) mass is 170 g/mol. The summed E-state index contributed by atoms with van der Waals surface area (Å²) in [6.45, 7) is 5.47. The van der Waals surface area contributed by atoms with Crippen LogP contribution in [0.5, 0.6) is 0 Å². The zero-order chi connectivity index (χ0) is 8.81. The van der Waals surface area contributed by atoms with E-state index in [0.29, 0.717) is 12.0 Å². The van der Waals surface area contributed by atoms with Crippen molar-refractivity contribution < 1.29 is 4.74 Å². The number of rotatable bonds is 4. The van der Waals surface area contributed by atoms with E-state index in [1.807, 2.05) is 6.08 Å². The second kappa shape index (κ2) is 5.30. The minimum absolute atomic E-state index is 0.381. The first-order chi connectivity index (χ1) is 5.88. The molecular formula is C9H18N2O. The van der Waals surface area contributed by atoms with Crippen LogP contribution in [-0.4, -0.2) is 19.3 Å². The first-order valence-electron chi connectivity index (χ1n) is 4.53.